The van der Waals surface area contributed by atoms with E-state index in [0.29, 0.717) is 6.42 Å². The van der Waals surface area contributed by atoms with Gasteiger partial charge >= 0.3 is 6.18 Å². The summed E-state index contributed by atoms with van der Waals surface area (Å²) in [5.41, 5.74) is -0.714. The van der Waals surface area contributed by atoms with Crippen molar-refractivity contribution in [1.82, 2.24) is 5.32 Å². The van der Waals surface area contributed by atoms with Crippen molar-refractivity contribution in [3.8, 4) is 0 Å². The minimum Gasteiger partial charge on any atom is -0.469 e. The number of carbonyl (C=O) groups excluding carboxylic acids is 1. The lowest BCUT2D eigenvalue weighted by molar-refractivity contribution is -0.137. The summed E-state index contributed by atoms with van der Waals surface area (Å²) in [5, 5.41) is 12.6. The zero-order valence-electron chi connectivity index (χ0n) is 12.6. The van der Waals surface area contributed by atoms with Crippen molar-refractivity contribution in [3.63, 3.8) is 0 Å². The molecule has 3 atom stereocenters. The highest BCUT2D eigenvalue weighted by Gasteiger charge is 2.45. The second kappa shape index (κ2) is 6.32. The van der Waals surface area contributed by atoms with Gasteiger partial charge in [0.25, 0.3) is 0 Å². The van der Waals surface area contributed by atoms with Crippen LogP contribution >= 0.6 is 0 Å². The van der Waals surface area contributed by atoms with Crippen LogP contribution in [0.15, 0.2) is 47.1 Å². The number of aliphatic hydroxyl groups excluding tert-OH is 1. The van der Waals surface area contributed by atoms with Gasteiger partial charge in [0.2, 0.25) is 5.91 Å². The number of benzene rings is 1. The number of alkyl halides is 3. The molecule has 0 bridgehead atoms. The topological polar surface area (TPSA) is 62.5 Å². The van der Waals surface area contributed by atoms with Gasteiger partial charge in [-0.25, -0.2) is 0 Å². The maximum Gasteiger partial charge on any atom is 0.416 e. The Morgan fingerprint density at radius 1 is 1.33 bits per heavy atom. The van der Waals surface area contributed by atoms with Crippen LogP contribution in [0.3, 0.4) is 0 Å². The molecule has 1 fully saturated rings. The highest BCUT2D eigenvalue weighted by Crippen LogP contribution is 2.47. The molecule has 2 aromatic rings. The number of hydrogen-bond donors (Lipinski definition) is 2. The van der Waals surface area contributed by atoms with Crippen molar-refractivity contribution in [3.05, 3.63) is 59.5 Å². The second-order valence-electron chi connectivity index (χ2n) is 5.85. The number of hydrogen-bond acceptors (Lipinski definition) is 3. The van der Waals surface area contributed by atoms with Crippen LogP contribution in [0.1, 0.15) is 35.3 Å². The Bertz CT molecular complexity index is 712. The monoisotopic (exact) mass is 339 g/mol. The summed E-state index contributed by atoms with van der Waals surface area (Å²) in [6.45, 7) is -0.137. The predicted molar refractivity (Wildman–Crippen MR) is 79.0 cm³/mol. The van der Waals surface area contributed by atoms with Crippen molar-refractivity contribution in [2.75, 3.05) is 6.54 Å². The van der Waals surface area contributed by atoms with Gasteiger partial charge in [0, 0.05) is 18.4 Å². The number of nitrogens with one attached hydrogen (secondary N) is 1. The van der Waals surface area contributed by atoms with Crippen LogP contribution in [0.5, 0.6) is 0 Å². The first kappa shape index (κ1) is 16.6. The number of halogens is 3. The van der Waals surface area contributed by atoms with Gasteiger partial charge in [-0.15, -0.1) is 0 Å². The van der Waals surface area contributed by atoms with Crippen LogP contribution in [0, 0.1) is 5.92 Å². The van der Waals surface area contributed by atoms with Gasteiger partial charge in [0.1, 0.15) is 5.76 Å². The van der Waals surface area contributed by atoms with Crippen LogP contribution in [0.2, 0.25) is 0 Å². The van der Waals surface area contributed by atoms with E-state index in [9.17, 15) is 23.1 Å². The van der Waals surface area contributed by atoms with E-state index in [0.717, 1.165) is 17.9 Å². The summed E-state index contributed by atoms with van der Waals surface area (Å²) in [6, 6.07) is 8.01. The lowest BCUT2D eigenvalue weighted by atomic mass is 10.1. The highest BCUT2D eigenvalue weighted by molar-refractivity contribution is 5.82. The standard InChI is InChI=1S/C17H16F3NO3/c18-17(19,20)11-4-1-3-10(7-11)14(22)9-21-16(23)13-8-12(13)15-5-2-6-24-15/h1-7,12-14,22H,8-9H2,(H,21,23)/t12-,13-,14-/m0/s1. The first-order valence-electron chi connectivity index (χ1n) is 7.52. The SMILES string of the molecule is O=C(NC[C@H](O)c1cccc(C(F)(F)F)c1)[C@H]1C[C@@H]1c1ccco1. The molecule has 1 aliphatic rings. The summed E-state index contributed by atoms with van der Waals surface area (Å²) in [6.07, 6.45) is -3.46. The van der Waals surface area contributed by atoms with E-state index >= 15 is 0 Å². The molecule has 128 valence electrons. The Balaban J connectivity index is 1.54. The highest BCUT2D eigenvalue weighted by atomic mass is 19.4. The van der Waals surface area contributed by atoms with Crippen LogP contribution in [0.4, 0.5) is 13.2 Å². The zero-order valence-corrected chi connectivity index (χ0v) is 12.6. The maximum absolute atomic E-state index is 12.7. The predicted octanol–water partition coefficient (Wildman–Crippen LogP) is 3.25. The van der Waals surface area contributed by atoms with Gasteiger partial charge in [-0.2, -0.15) is 13.2 Å². The molecule has 1 saturated carbocycles. The van der Waals surface area contributed by atoms with Gasteiger partial charge in [-0.3, -0.25) is 4.79 Å². The van der Waals surface area contributed by atoms with Crippen LogP contribution < -0.4 is 5.32 Å². The van der Waals surface area contributed by atoms with Crippen LogP contribution in [0.25, 0.3) is 0 Å². The Morgan fingerprint density at radius 2 is 2.12 bits per heavy atom. The lowest BCUT2D eigenvalue weighted by Gasteiger charge is -2.14. The van der Waals surface area contributed by atoms with Gasteiger partial charge < -0.3 is 14.8 Å². The number of amides is 1. The Morgan fingerprint density at radius 3 is 2.79 bits per heavy atom. The smallest absolute Gasteiger partial charge is 0.416 e. The molecule has 0 unspecified atom stereocenters. The van der Waals surface area contributed by atoms with Crippen molar-refractivity contribution in [2.45, 2.75) is 24.6 Å². The van der Waals surface area contributed by atoms with E-state index < -0.39 is 17.8 Å². The molecule has 4 nitrogen and oxygen atoms in total. The maximum atomic E-state index is 12.7. The molecule has 1 aromatic heterocycles. The first-order chi connectivity index (χ1) is 11.4. The minimum absolute atomic E-state index is 0.0331. The van der Waals surface area contributed by atoms with Gasteiger partial charge in [0.05, 0.1) is 17.9 Å². The third-order valence-electron chi connectivity index (χ3n) is 4.10. The van der Waals surface area contributed by atoms with Crippen molar-refractivity contribution < 1.29 is 27.5 Å². The number of carbonyl (C=O) groups is 1. The number of furan rings is 1. The molecule has 3 rings (SSSR count). The Kier molecular flexibility index (Phi) is 4.36. The molecule has 7 heteroatoms. The molecular formula is C17H16F3NO3. The number of rotatable bonds is 5. The quantitative estimate of drug-likeness (QED) is 0.879. The van der Waals surface area contributed by atoms with Crippen molar-refractivity contribution >= 4 is 5.91 Å². The summed E-state index contributed by atoms with van der Waals surface area (Å²) in [7, 11) is 0. The van der Waals surface area contributed by atoms with Crippen molar-refractivity contribution in [2.24, 2.45) is 5.92 Å². The fraction of sp³-hybridized carbons (Fsp3) is 0.353. The first-order valence-corrected chi connectivity index (χ1v) is 7.52. The van der Waals surface area contributed by atoms with Gasteiger partial charge in [-0.05, 0) is 36.2 Å². The van der Waals surface area contributed by atoms with Gasteiger partial charge in [-0.1, -0.05) is 12.1 Å². The molecule has 0 spiro atoms. The third-order valence-corrected chi connectivity index (χ3v) is 4.10. The lowest BCUT2D eigenvalue weighted by Crippen LogP contribution is -2.30. The van der Waals surface area contributed by atoms with E-state index in [-0.39, 0.29) is 29.9 Å². The normalized spacial score (nSPS) is 21.3. The zero-order chi connectivity index (χ0) is 17.3. The van der Waals surface area contributed by atoms with Gasteiger partial charge in [0.15, 0.2) is 0 Å². The fourth-order valence-electron chi connectivity index (χ4n) is 2.67. The average molecular weight is 339 g/mol. The summed E-state index contributed by atoms with van der Waals surface area (Å²) >= 11 is 0. The Hall–Kier alpha value is -2.28. The van der Waals surface area contributed by atoms with E-state index in [1.165, 1.54) is 12.1 Å². The molecule has 0 saturated heterocycles. The Labute approximate surface area is 136 Å². The number of aliphatic hydroxyl groups is 1. The summed E-state index contributed by atoms with van der Waals surface area (Å²) < 4.78 is 43.3. The fourth-order valence-corrected chi connectivity index (χ4v) is 2.67. The van der Waals surface area contributed by atoms with E-state index in [4.69, 9.17) is 4.42 Å². The van der Waals surface area contributed by atoms with Crippen LogP contribution in [-0.2, 0) is 11.0 Å². The molecule has 1 aliphatic carbocycles. The third kappa shape index (κ3) is 3.62. The van der Waals surface area contributed by atoms with E-state index in [2.05, 4.69) is 5.32 Å². The van der Waals surface area contributed by atoms with E-state index in [1.54, 1.807) is 18.4 Å². The molecule has 0 radical (unpaired) electrons. The molecule has 2 N–H and O–H groups in total. The summed E-state index contributed by atoms with van der Waals surface area (Å²) in [4.78, 5) is 12.0. The van der Waals surface area contributed by atoms with E-state index in [1.807, 2.05) is 0 Å². The molecule has 1 amide bonds. The minimum atomic E-state index is -4.47. The average Bonchev–Trinajstić information content (AvgIpc) is 3.17. The van der Waals surface area contributed by atoms with Crippen LogP contribution in [-0.4, -0.2) is 17.6 Å². The summed E-state index contributed by atoms with van der Waals surface area (Å²) in [5.74, 6) is 0.326. The largest absolute Gasteiger partial charge is 0.469 e. The van der Waals surface area contributed by atoms with Crippen molar-refractivity contribution in [1.29, 1.82) is 0 Å². The molecule has 24 heavy (non-hydrogen) atoms. The molecule has 0 aliphatic heterocycles. The molecule has 1 aromatic carbocycles. The molecule has 1 heterocycles. The second-order valence-corrected chi connectivity index (χ2v) is 5.85. The molecular weight excluding hydrogens is 323 g/mol.